The topological polar surface area (TPSA) is 12.0 Å². The highest BCUT2D eigenvalue weighted by atomic mass is 35.5. The summed E-state index contributed by atoms with van der Waals surface area (Å²) in [5.74, 6) is 2.06. The maximum Gasteiger partial charge on any atom is 0.0408 e. The van der Waals surface area contributed by atoms with E-state index in [4.69, 9.17) is 11.6 Å². The highest BCUT2D eigenvalue weighted by Gasteiger charge is 2.53. The summed E-state index contributed by atoms with van der Waals surface area (Å²) in [5.41, 5.74) is 1.90. The minimum atomic E-state index is 0.493. The first-order valence-electron chi connectivity index (χ1n) is 7.66. The van der Waals surface area contributed by atoms with Crippen LogP contribution in [0.2, 0.25) is 5.02 Å². The number of nitrogens with one attached hydrogen (secondary N) is 1. The first kappa shape index (κ1) is 13.5. The molecule has 2 aliphatic carbocycles. The van der Waals surface area contributed by atoms with E-state index < -0.39 is 0 Å². The molecule has 1 N–H and O–H groups in total. The Morgan fingerprint density at radius 3 is 2.79 bits per heavy atom. The summed E-state index contributed by atoms with van der Waals surface area (Å²) >= 11 is 6.12. The second-order valence-electron chi connectivity index (χ2n) is 6.65. The molecular formula is C17H24ClN. The highest BCUT2D eigenvalue weighted by molar-refractivity contribution is 6.30. The van der Waals surface area contributed by atoms with E-state index in [-0.39, 0.29) is 0 Å². The number of fused-ring (bicyclic) bond motifs is 1. The Bertz CT molecular complexity index is 433. The third-order valence-electron chi connectivity index (χ3n) is 4.85. The Morgan fingerprint density at radius 2 is 2.11 bits per heavy atom. The van der Waals surface area contributed by atoms with Crippen molar-refractivity contribution < 1.29 is 0 Å². The summed E-state index contributed by atoms with van der Waals surface area (Å²) in [7, 11) is 0. The summed E-state index contributed by atoms with van der Waals surface area (Å²) in [4.78, 5) is 0. The van der Waals surface area contributed by atoms with Gasteiger partial charge in [0.25, 0.3) is 0 Å². The molecule has 104 valence electrons. The lowest BCUT2D eigenvalue weighted by atomic mass is 9.77. The van der Waals surface area contributed by atoms with Crippen LogP contribution in [0, 0.1) is 17.3 Å². The molecule has 3 rings (SSSR count). The minimum Gasteiger partial charge on any atom is -0.316 e. The Kier molecular flexibility index (Phi) is 3.86. The fourth-order valence-electron chi connectivity index (χ4n) is 3.97. The van der Waals surface area contributed by atoms with E-state index >= 15 is 0 Å². The van der Waals surface area contributed by atoms with Crippen LogP contribution >= 0.6 is 11.6 Å². The van der Waals surface area contributed by atoms with Crippen molar-refractivity contribution in [2.24, 2.45) is 17.3 Å². The van der Waals surface area contributed by atoms with E-state index in [2.05, 4.69) is 30.4 Å². The molecule has 0 saturated heterocycles. The molecule has 2 saturated carbocycles. The zero-order valence-corrected chi connectivity index (χ0v) is 12.5. The molecule has 0 aromatic heterocycles. The molecular weight excluding hydrogens is 254 g/mol. The van der Waals surface area contributed by atoms with Crippen molar-refractivity contribution in [1.82, 2.24) is 5.32 Å². The van der Waals surface area contributed by atoms with Crippen LogP contribution in [0.5, 0.6) is 0 Å². The van der Waals surface area contributed by atoms with E-state index in [1.165, 1.54) is 44.2 Å². The van der Waals surface area contributed by atoms with Crippen molar-refractivity contribution in [3.63, 3.8) is 0 Å². The smallest absolute Gasteiger partial charge is 0.0408 e. The van der Waals surface area contributed by atoms with Crippen LogP contribution in [0.25, 0.3) is 0 Å². The van der Waals surface area contributed by atoms with E-state index in [0.717, 1.165) is 23.4 Å². The van der Waals surface area contributed by atoms with Crippen LogP contribution in [0.15, 0.2) is 24.3 Å². The van der Waals surface area contributed by atoms with E-state index in [0.29, 0.717) is 5.41 Å². The predicted octanol–water partition coefficient (Wildman–Crippen LogP) is 4.30. The van der Waals surface area contributed by atoms with Crippen molar-refractivity contribution in [3.05, 3.63) is 34.9 Å². The number of hydrogen-bond acceptors (Lipinski definition) is 1. The first-order valence-corrected chi connectivity index (χ1v) is 8.04. The molecule has 0 aliphatic heterocycles. The van der Waals surface area contributed by atoms with E-state index in [1.807, 2.05) is 6.07 Å². The van der Waals surface area contributed by atoms with Crippen molar-refractivity contribution in [2.45, 2.75) is 39.0 Å². The monoisotopic (exact) mass is 277 g/mol. The third-order valence-corrected chi connectivity index (χ3v) is 5.09. The average molecular weight is 278 g/mol. The SMILES string of the molecule is CCCNCC1(Cc2cccc(Cl)c2)CC2CC2C1. The molecule has 2 atom stereocenters. The van der Waals surface area contributed by atoms with Gasteiger partial charge in [0.05, 0.1) is 0 Å². The third kappa shape index (κ3) is 3.14. The average Bonchev–Trinajstić information content (AvgIpc) is 2.98. The highest BCUT2D eigenvalue weighted by Crippen LogP contribution is 2.60. The zero-order valence-electron chi connectivity index (χ0n) is 11.8. The largest absolute Gasteiger partial charge is 0.316 e. The van der Waals surface area contributed by atoms with Gasteiger partial charge in [0.2, 0.25) is 0 Å². The summed E-state index contributed by atoms with van der Waals surface area (Å²) in [5, 5.41) is 4.53. The lowest BCUT2D eigenvalue weighted by molar-refractivity contribution is 0.249. The molecule has 0 bridgehead atoms. The van der Waals surface area contributed by atoms with Crippen LogP contribution in [0.4, 0.5) is 0 Å². The van der Waals surface area contributed by atoms with Gasteiger partial charge in [-0.2, -0.15) is 0 Å². The van der Waals surface area contributed by atoms with Gasteiger partial charge in [-0.05, 0) is 73.6 Å². The van der Waals surface area contributed by atoms with Gasteiger partial charge in [-0.25, -0.2) is 0 Å². The maximum absolute atomic E-state index is 6.12. The van der Waals surface area contributed by atoms with Gasteiger partial charge in [0.1, 0.15) is 0 Å². The molecule has 0 heterocycles. The maximum atomic E-state index is 6.12. The summed E-state index contributed by atoms with van der Waals surface area (Å²) in [6.07, 6.45) is 6.74. The van der Waals surface area contributed by atoms with Crippen molar-refractivity contribution >= 4 is 11.6 Å². The molecule has 2 heteroatoms. The summed E-state index contributed by atoms with van der Waals surface area (Å²) < 4.78 is 0. The lowest BCUT2D eigenvalue weighted by Gasteiger charge is -2.31. The summed E-state index contributed by atoms with van der Waals surface area (Å²) in [6, 6.07) is 8.43. The quantitative estimate of drug-likeness (QED) is 0.765. The second-order valence-corrected chi connectivity index (χ2v) is 7.08. The fourth-order valence-corrected chi connectivity index (χ4v) is 4.18. The Morgan fingerprint density at radius 1 is 1.32 bits per heavy atom. The van der Waals surface area contributed by atoms with Crippen LogP contribution in [0.1, 0.15) is 38.2 Å². The number of halogens is 1. The Labute approximate surface area is 121 Å². The van der Waals surface area contributed by atoms with Crippen LogP contribution in [-0.2, 0) is 6.42 Å². The first-order chi connectivity index (χ1) is 9.21. The molecule has 2 fully saturated rings. The standard InChI is InChI=1S/C17H24ClN/c1-2-6-19-12-17(10-14-8-15(14)11-17)9-13-4-3-5-16(18)7-13/h3-5,7,14-15,19H,2,6,8-12H2,1H3. The Hall–Kier alpha value is -0.530. The molecule has 0 radical (unpaired) electrons. The number of benzene rings is 1. The minimum absolute atomic E-state index is 0.493. The van der Waals surface area contributed by atoms with E-state index in [9.17, 15) is 0 Å². The van der Waals surface area contributed by atoms with Crippen molar-refractivity contribution in [1.29, 1.82) is 0 Å². The normalized spacial score (nSPS) is 32.3. The van der Waals surface area contributed by atoms with Crippen molar-refractivity contribution in [3.8, 4) is 0 Å². The molecule has 2 aliphatic rings. The van der Waals surface area contributed by atoms with Crippen LogP contribution < -0.4 is 5.32 Å². The molecule has 19 heavy (non-hydrogen) atoms. The lowest BCUT2D eigenvalue weighted by Crippen LogP contribution is -2.35. The molecule has 0 amide bonds. The van der Waals surface area contributed by atoms with Gasteiger partial charge in [0.15, 0.2) is 0 Å². The molecule has 1 nitrogen and oxygen atoms in total. The summed E-state index contributed by atoms with van der Waals surface area (Å²) in [6.45, 7) is 4.57. The van der Waals surface area contributed by atoms with Gasteiger partial charge in [-0.1, -0.05) is 30.7 Å². The zero-order chi connectivity index (χ0) is 13.3. The van der Waals surface area contributed by atoms with E-state index in [1.54, 1.807) is 0 Å². The van der Waals surface area contributed by atoms with Gasteiger partial charge in [-0.3, -0.25) is 0 Å². The molecule has 2 unspecified atom stereocenters. The van der Waals surface area contributed by atoms with Gasteiger partial charge >= 0.3 is 0 Å². The number of hydrogen-bond donors (Lipinski definition) is 1. The molecule has 1 aromatic rings. The molecule has 1 aromatic carbocycles. The van der Waals surface area contributed by atoms with Gasteiger partial charge in [0, 0.05) is 11.6 Å². The fraction of sp³-hybridized carbons (Fsp3) is 0.647. The van der Waals surface area contributed by atoms with Gasteiger partial charge in [-0.15, -0.1) is 0 Å². The second kappa shape index (κ2) is 5.46. The number of rotatable bonds is 6. The van der Waals surface area contributed by atoms with Gasteiger partial charge < -0.3 is 5.32 Å². The Balaban J connectivity index is 1.69. The molecule has 0 spiro atoms. The van der Waals surface area contributed by atoms with Crippen LogP contribution in [0.3, 0.4) is 0 Å². The predicted molar refractivity (Wildman–Crippen MR) is 81.6 cm³/mol. The van der Waals surface area contributed by atoms with Crippen LogP contribution in [-0.4, -0.2) is 13.1 Å². The van der Waals surface area contributed by atoms with Crippen molar-refractivity contribution in [2.75, 3.05) is 13.1 Å².